The van der Waals surface area contributed by atoms with Gasteiger partial charge < -0.3 is 26.3 Å². The molecule has 0 bridgehead atoms. The van der Waals surface area contributed by atoms with E-state index in [1.54, 1.807) is 37.3 Å². The first-order chi connectivity index (χ1) is 13.5. The van der Waals surface area contributed by atoms with Crippen LogP contribution in [-0.2, 0) is 16.0 Å². The Morgan fingerprint density at radius 3 is 2.64 bits per heavy atom. The van der Waals surface area contributed by atoms with Crippen molar-refractivity contribution in [2.75, 3.05) is 11.9 Å². The van der Waals surface area contributed by atoms with Gasteiger partial charge in [-0.15, -0.1) is 0 Å². The molecule has 3 rings (SSSR count). The lowest BCUT2D eigenvalue weighted by atomic mass is 10.00. The molecule has 7 heteroatoms. The number of nitrogens with one attached hydrogen (secondary N) is 1. The minimum Gasteiger partial charge on any atom is -0.490 e. The first kappa shape index (κ1) is 19.9. The molecule has 0 aromatic heterocycles. The van der Waals surface area contributed by atoms with Crippen LogP contribution in [0.5, 0.6) is 5.75 Å². The second-order valence-corrected chi connectivity index (χ2v) is 6.71. The van der Waals surface area contributed by atoms with E-state index in [1.807, 2.05) is 12.1 Å². The molecule has 0 saturated heterocycles. The summed E-state index contributed by atoms with van der Waals surface area (Å²) < 4.78 is 10.9. The molecule has 7 nitrogen and oxygen atoms in total. The third-order valence-corrected chi connectivity index (χ3v) is 4.61. The zero-order chi connectivity index (χ0) is 20.1. The maximum absolute atomic E-state index is 12.4. The molecule has 5 N–H and O–H groups in total. The molecule has 28 heavy (non-hydrogen) atoms. The Balaban J connectivity index is 1.63. The smallest absolute Gasteiger partial charge is 0.309 e. The van der Waals surface area contributed by atoms with Gasteiger partial charge in [-0.2, -0.15) is 0 Å². The molecule has 0 aliphatic carbocycles. The average molecular weight is 383 g/mol. The van der Waals surface area contributed by atoms with E-state index in [4.69, 9.17) is 20.9 Å². The lowest BCUT2D eigenvalue weighted by Crippen LogP contribution is -2.26. The summed E-state index contributed by atoms with van der Waals surface area (Å²) in [6, 6.07) is 12.4. The first-order valence-corrected chi connectivity index (χ1v) is 9.34. The van der Waals surface area contributed by atoms with Crippen molar-refractivity contribution in [1.29, 1.82) is 0 Å². The summed E-state index contributed by atoms with van der Waals surface area (Å²) in [4.78, 5) is 24.1. The highest BCUT2D eigenvalue weighted by atomic mass is 16.5. The summed E-state index contributed by atoms with van der Waals surface area (Å²) >= 11 is 0. The molecule has 2 aromatic carbocycles. The maximum Gasteiger partial charge on any atom is 0.309 e. The van der Waals surface area contributed by atoms with Crippen LogP contribution in [-0.4, -0.2) is 24.6 Å². The van der Waals surface area contributed by atoms with Crippen LogP contribution in [0.25, 0.3) is 0 Å². The molecule has 1 aliphatic heterocycles. The number of carbonyl (C=O) groups excluding carboxylic acids is 2. The Labute approximate surface area is 164 Å². The summed E-state index contributed by atoms with van der Waals surface area (Å²) in [6.45, 7) is 2.15. The van der Waals surface area contributed by atoms with E-state index >= 15 is 0 Å². The van der Waals surface area contributed by atoms with Crippen molar-refractivity contribution in [2.24, 2.45) is 11.5 Å². The maximum atomic E-state index is 12.4. The number of hydrogen-bond acceptors (Lipinski definition) is 6. The molecule has 0 saturated carbocycles. The van der Waals surface area contributed by atoms with Crippen LogP contribution in [0.4, 0.5) is 5.69 Å². The fourth-order valence-electron chi connectivity index (χ4n) is 3.13. The Morgan fingerprint density at radius 1 is 1.21 bits per heavy atom. The van der Waals surface area contributed by atoms with Gasteiger partial charge in [0.25, 0.3) is 5.91 Å². The van der Waals surface area contributed by atoms with Crippen molar-refractivity contribution >= 4 is 17.6 Å². The highest BCUT2D eigenvalue weighted by Crippen LogP contribution is 2.31. The molecule has 0 fully saturated rings. The molecule has 1 unspecified atom stereocenters. The number of amides is 1. The van der Waals surface area contributed by atoms with Gasteiger partial charge in [0.05, 0.1) is 19.2 Å². The number of aryl methyl sites for hydroxylation is 1. The van der Waals surface area contributed by atoms with Gasteiger partial charge in [-0.1, -0.05) is 12.1 Å². The number of rotatable bonds is 6. The van der Waals surface area contributed by atoms with E-state index in [0.717, 1.165) is 29.7 Å². The van der Waals surface area contributed by atoms with Crippen LogP contribution < -0.4 is 21.5 Å². The van der Waals surface area contributed by atoms with E-state index in [1.165, 1.54) is 0 Å². The molecule has 148 valence electrons. The monoisotopic (exact) mass is 383 g/mol. The predicted octanol–water partition coefficient (Wildman–Crippen LogP) is 2.50. The molecule has 1 amide bonds. The molecule has 0 spiro atoms. The number of carbonyl (C=O) groups is 2. The van der Waals surface area contributed by atoms with E-state index in [0.29, 0.717) is 17.9 Å². The van der Waals surface area contributed by atoms with Gasteiger partial charge in [-0.25, -0.2) is 0 Å². The van der Waals surface area contributed by atoms with Crippen molar-refractivity contribution in [2.45, 2.75) is 38.5 Å². The van der Waals surface area contributed by atoms with Crippen molar-refractivity contribution in [1.82, 2.24) is 0 Å². The van der Waals surface area contributed by atoms with Crippen LogP contribution in [0.15, 0.2) is 42.5 Å². The van der Waals surface area contributed by atoms with Gasteiger partial charge >= 0.3 is 5.97 Å². The van der Waals surface area contributed by atoms with E-state index < -0.39 is 6.17 Å². The van der Waals surface area contributed by atoms with E-state index in [2.05, 4.69) is 5.32 Å². The van der Waals surface area contributed by atoms with Crippen molar-refractivity contribution in [3.05, 3.63) is 59.2 Å². The lowest BCUT2D eigenvalue weighted by Gasteiger charge is -2.26. The fourth-order valence-corrected chi connectivity index (χ4v) is 3.13. The molecular weight excluding hydrogens is 358 g/mol. The zero-order valence-corrected chi connectivity index (χ0v) is 15.8. The fraction of sp³-hybridized carbons (Fsp3) is 0.333. The van der Waals surface area contributed by atoms with Gasteiger partial charge in [0.2, 0.25) is 0 Å². The van der Waals surface area contributed by atoms with Crippen LogP contribution in [0.2, 0.25) is 0 Å². The third kappa shape index (κ3) is 4.88. The summed E-state index contributed by atoms with van der Waals surface area (Å²) in [5.41, 5.74) is 14.2. The largest absolute Gasteiger partial charge is 0.490 e. The van der Waals surface area contributed by atoms with E-state index in [-0.39, 0.29) is 24.4 Å². The summed E-state index contributed by atoms with van der Waals surface area (Å²) in [5, 5.41) is 2.89. The molecule has 1 atom stereocenters. The number of benzene rings is 2. The predicted molar refractivity (Wildman–Crippen MR) is 106 cm³/mol. The summed E-state index contributed by atoms with van der Waals surface area (Å²) in [5.74, 6) is 0.273. The molecular formula is C21H25N3O4. The highest BCUT2D eigenvalue weighted by Gasteiger charge is 2.23. The quantitative estimate of drug-likeness (QED) is 0.521. The van der Waals surface area contributed by atoms with Gasteiger partial charge in [0.15, 0.2) is 0 Å². The zero-order valence-electron chi connectivity index (χ0n) is 15.8. The Kier molecular flexibility index (Phi) is 6.28. The number of anilines is 1. The second-order valence-electron chi connectivity index (χ2n) is 6.71. The Bertz CT molecular complexity index is 849. The highest BCUT2D eigenvalue weighted by molar-refractivity contribution is 6.04. The average Bonchev–Trinajstić information content (AvgIpc) is 2.68. The van der Waals surface area contributed by atoms with Gasteiger partial charge in [-0.05, 0) is 61.2 Å². The number of nitrogens with two attached hydrogens (primary N) is 2. The van der Waals surface area contributed by atoms with Crippen LogP contribution in [0.3, 0.4) is 0 Å². The van der Waals surface area contributed by atoms with Crippen LogP contribution in [0.1, 0.15) is 47.4 Å². The van der Waals surface area contributed by atoms with Crippen LogP contribution in [0, 0.1) is 0 Å². The second kappa shape index (κ2) is 8.86. The van der Waals surface area contributed by atoms with Crippen molar-refractivity contribution < 1.29 is 19.1 Å². The summed E-state index contributed by atoms with van der Waals surface area (Å²) in [7, 11) is 0. The number of esters is 1. The topological polar surface area (TPSA) is 117 Å². The normalized spacial score (nSPS) is 15.5. The van der Waals surface area contributed by atoms with Crippen LogP contribution >= 0.6 is 0 Å². The van der Waals surface area contributed by atoms with Crippen molar-refractivity contribution in [3.63, 3.8) is 0 Å². The van der Waals surface area contributed by atoms with Crippen molar-refractivity contribution in [3.8, 4) is 5.75 Å². The number of ether oxygens (including phenoxy) is 2. The Morgan fingerprint density at radius 2 is 1.96 bits per heavy atom. The molecule has 0 radical (unpaired) electrons. The van der Waals surface area contributed by atoms with Gasteiger partial charge in [0.1, 0.15) is 11.9 Å². The Hall–Kier alpha value is -2.90. The minimum atomic E-state index is -0.564. The van der Waals surface area contributed by atoms with Gasteiger partial charge in [-0.3, -0.25) is 9.59 Å². The molecule has 1 heterocycles. The van der Waals surface area contributed by atoms with Gasteiger partial charge in [0, 0.05) is 11.3 Å². The first-order valence-electron chi connectivity index (χ1n) is 9.34. The SMILES string of the molecule is CCOC(=O)CC1CCc2cc(NC(=O)c3ccc(C(N)N)cc3)ccc2O1. The van der Waals surface area contributed by atoms with E-state index in [9.17, 15) is 9.59 Å². The standard InChI is InChI=1S/C21H25N3O4/c1-2-27-19(25)12-17-9-7-15-11-16(8-10-18(15)28-17)24-21(26)14-5-3-13(4-6-14)20(22)23/h3-6,8,10-11,17,20H,2,7,9,12,22-23H2,1H3,(H,24,26). The number of hydrogen-bond donors (Lipinski definition) is 3. The molecule has 2 aromatic rings. The lowest BCUT2D eigenvalue weighted by molar-refractivity contribution is -0.145. The third-order valence-electron chi connectivity index (χ3n) is 4.61. The number of fused-ring (bicyclic) bond motifs is 1. The summed E-state index contributed by atoms with van der Waals surface area (Å²) in [6.07, 6.45) is 0.995. The molecule has 1 aliphatic rings. The minimum absolute atomic E-state index is 0.181.